The third kappa shape index (κ3) is 2.50. The summed E-state index contributed by atoms with van der Waals surface area (Å²) in [5.41, 5.74) is 0.989. The van der Waals surface area contributed by atoms with Crippen LogP contribution in [0.4, 0.5) is 5.69 Å². The van der Waals surface area contributed by atoms with Gasteiger partial charge in [0.2, 0.25) is 5.91 Å². The minimum atomic E-state index is 0.119. The topological polar surface area (TPSA) is 50.4 Å². The van der Waals surface area contributed by atoms with Crippen LogP contribution in [0.2, 0.25) is 5.02 Å². The number of methoxy groups -OCH3 is 1. The highest BCUT2D eigenvalue weighted by atomic mass is 35.5. The van der Waals surface area contributed by atoms with Crippen LogP contribution >= 0.6 is 11.6 Å². The standard InChI is InChI=1S/C15H19ClN2O2/c1-20-13-3-2-10(8-12(13)16)18-14(19)11-9-15(11)4-6-17-7-5-15/h2-3,8,11,17H,4-7,9H2,1H3,(H,18,19)/t11-/m0/s1. The largest absolute Gasteiger partial charge is 0.495 e. The van der Waals surface area contributed by atoms with Crippen LogP contribution in [0.25, 0.3) is 0 Å². The van der Waals surface area contributed by atoms with Crippen molar-refractivity contribution in [3.8, 4) is 5.75 Å². The number of anilines is 1. The lowest BCUT2D eigenvalue weighted by atomic mass is 9.92. The first-order valence-corrected chi connectivity index (χ1v) is 7.37. The molecule has 2 N–H and O–H groups in total. The van der Waals surface area contributed by atoms with Crippen molar-refractivity contribution in [1.82, 2.24) is 5.32 Å². The molecular weight excluding hydrogens is 276 g/mol. The quantitative estimate of drug-likeness (QED) is 0.901. The summed E-state index contributed by atoms with van der Waals surface area (Å²) in [6, 6.07) is 5.32. The molecule has 2 aliphatic rings. The van der Waals surface area contributed by atoms with Gasteiger partial charge in [-0.1, -0.05) is 11.6 Å². The van der Waals surface area contributed by atoms with Gasteiger partial charge in [-0.3, -0.25) is 4.79 Å². The van der Waals surface area contributed by atoms with E-state index in [0.29, 0.717) is 10.8 Å². The van der Waals surface area contributed by atoms with Gasteiger partial charge in [-0.2, -0.15) is 0 Å². The lowest BCUT2D eigenvalue weighted by Gasteiger charge is -2.23. The van der Waals surface area contributed by atoms with E-state index < -0.39 is 0 Å². The zero-order valence-corrected chi connectivity index (χ0v) is 12.3. The van der Waals surface area contributed by atoms with Gasteiger partial charge in [-0.25, -0.2) is 0 Å². The third-order valence-electron chi connectivity index (χ3n) is 4.52. The summed E-state index contributed by atoms with van der Waals surface area (Å²) in [6.07, 6.45) is 3.23. The average Bonchev–Trinajstić information content (AvgIpc) is 3.13. The van der Waals surface area contributed by atoms with Gasteiger partial charge in [0.25, 0.3) is 0 Å². The van der Waals surface area contributed by atoms with Gasteiger partial charge in [0.1, 0.15) is 5.75 Å². The summed E-state index contributed by atoms with van der Waals surface area (Å²) < 4.78 is 5.10. The molecule has 0 unspecified atom stereocenters. The van der Waals surface area contributed by atoms with Gasteiger partial charge >= 0.3 is 0 Å². The van der Waals surface area contributed by atoms with Crippen molar-refractivity contribution in [3.05, 3.63) is 23.2 Å². The van der Waals surface area contributed by atoms with E-state index in [2.05, 4.69) is 10.6 Å². The fourth-order valence-corrected chi connectivity index (χ4v) is 3.43. The molecule has 1 saturated heterocycles. The molecule has 108 valence electrons. The molecular formula is C15H19ClN2O2. The van der Waals surface area contributed by atoms with Gasteiger partial charge in [0, 0.05) is 11.6 Å². The Balaban J connectivity index is 1.64. The zero-order valence-electron chi connectivity index (χ0n) is 11.5. The first-order valence-electron chi connectivity index (χ1n) is 7.00. The van der Waals surface area contributed by atoms with E-state index in [1.807, 2.05) is 6.07 Å². The summed E-state index contributed by atoms with van der Waals surface area (Å²) in [5, 5.41) is 6.83. The Bertz CT molecular complexity index is 527. The van der Waals surface area contributed by atoms with Crippen LogP contribution in [0.5, 0.6) is 5.75 Å². The number of halogens is 1. The number of rotatable bonds is 3. The van der Waals surface area contributed by atoms with Crippen LogP contribution in [-0.2, 0) is 4.79 Å². The Morgan fingerprint density at radius 1 is 1.45 bits per heavy atom. The number of hydrogen-bond donors (Lipinski definition) is 2. The van der Waals surface area contributed by atoms with Crippen molar-refractivity contribution < 1.29 is 9.53 Å². The van der Waals surface area contributed by atoms with Crippen molar-refractivity contribution >= 4 is 23.2 Å². The highest BCUT2D eigenvalue weighted by molar-refractivity contribution is 6.32. The molecule has 1 atom stereocenters. The molecule has 4 nitrogen and oxygen atoms in total. The minimum absolute atomic E-state index is 0.119. The summed E-state index contributed by atoms with van der Waals surface area (Å²) in [7, 11) is 1.57. The Hall–Kier alpha value is -1.26. The Morgan fingerprint density at radius 3 is 2.85 bits per heavy atom. The monoisotopic (exact) mass is 294 g/mol. The maximum Gasteiger partial charge on any atom is 0.228 e. The summed E-state index contributed by atoms with van der Waals surface area (Å²) >= 11 is 6.07. The molecule has 1 heterocycles. The summed E-state index contributed by atoms with van der Waals surface area (Å²) in [4.78, 5) is 12.3. The average molecular weight is 295 g/mol. The number of amides is 1. The van der Waals surface area contributed by atoms with Crippen LogP contribution in [0.3, 0.4) is 0 Å². The van der Waals surface area contributed by atoms with E-state index >= 15 is 0 Å². The maximum atomic E-state index is 12.3. The van der Waals surface area contributed by atoms with E-state index in [-0.39, 0.29) is 17.2 Å². The van der Waals surface area contributed by atoms with E-state index in [9.17, 15) is 4.79 Å². The van der Waals surface area contributed by atoms with E-state index in [1.165, 1.54) is 0 Å². The SMILES string of the molecule is COc1ccc(NC(=O)[C@@H]2CC23CCNCC3)cc1Cl. The van der Waals surface area contributed by atoms with Gasteiger partial charge in [0.15, 0.2) is 0 Å². The zero-order chi connectivity index (χ0) is 14.2. The molecule has 1 spiro atoms. The van der Waals surface area contributed by atoms with Crippen LogP contribution < -0.4 is 15.4 Å². The third-order valence-corrected chi connectivity index (χ3v) is 4.82. The minimum Gasteiger partial charge on any atom is -0.495 e. The second-order valence-electron chi connectivity index (χ2n) is 5.71. The van der Waals surface area contributed by atoms with E-state index in [1.54, 1.807) is 19.2 Å². The summed E-state index contributed by atoms with van der Waals surface area (Å²) in [6.45, 7) is 2.05. The molecule has 0 bridgehead atoms. The molecule has 1 amide bonds. The molecule has 2 fully saturated rings. The van der Waals surface area contributed by atoms with Gasteiger partial charge in [-0.15, -0.1) is 0 Å². The second-order valence-corrected chi connectivity index (χ2v) is 6.11. The molecule has 1 aliphatic carbocycles. The summed E-state index contributed by atoms with van der Waals surface area (Å²) in [5.74, 6) is 0.893. The van der Waals surface area contributed by atoms with E-state index in [4.69, 9.17) is 16.3 Å². The lowest BCUT2D eigenvalue weighted by Crippen LogP contribution is -2.31. The normalized spacial score (nSPS) is 23.4. The van der Waals surface area contributed by atoms with Crippen molar-refractivity contribution in [2.75, 3.05) is 25.5 Å². The number of piperidine rings is 1. The molecule has 3 rings (SSSR count). The smallest absolute Gasteiger partial charge is 0.228 e. The van der Waals surface area contributed by atoms with Crippen molar-refractivity contribution in [2.45, 2.75) is 19.3 Å². The highest BCUT2D eigenvalue weighted by Gasteiger charge is 2.57. The Labute approximate surface area is 123 Å². The number of carbonyl (C=O) groups is 1. The maximum absolute atomic E-state index is 12.3. The molecule has 0 radical (unpaired) electrons. The number of hydrogen-bond acceptors (Lipinski definition) is 3. The Kier molecular flexibility index (Phi) is 3.61. The van der Waals surface area contributed by atoms with Crippen molar-refractivity contribution in [1.29, 1.82) is 0 Å². The molecule has 1 aliphatic heterocycles. The van der Waals surface area contributed by atoms with Crippen molar-refractivity contribution in [2.24, 2.45) is 11.3 Å². The molecule has 0 aromatic heterocycles. The van der Waals surface area contributed by atoms with Crippen LogP contribution in [-0.4, -0.2) is 26.1 Å². The van der Waals surface area contributed by atoms with Crippen LogP contribution in [0.15, 0.2) is 18.2 Å². The van der Waals surface area contributed by atoms with E-state index in [0.717, 1.165) is 38.0 Å². The predicted octanol–water partition coefficient (Wildman–Crippen LogP) is 2.68. The highest BCUT2D eigenvalue weighted by Crippen LogP contribution is 2.58. The van der Waals surface area contributed by atoms with Gasteiger partial charge in [0.05, 0.1) is 12.1 Å². The second kappa shape index (κ2) is 5.26. The fraction of sp³-hybridized carbons (Fsp3) is 0.533. The molecule has 5 heteroatoms. The number of nitrogens with one attached hydrogen (secondary N) is 2. The number of ether oxygens (including phenoxy) is 1. The first kappa shape index (κ1) is 13.7. The van der Waals surface area contributed by atoms with Gasteiger partial charge in [-0.05, 0) is 56.0 Å². The fourth-order valence-electron chi connectivity index (χ4n) is 3.17. The van der Waals surface area contributed by atoms with Gasteiger partial charge < -0.3 is 15.4 Å². The molecule has 1 aromatic carbocycles. The molecule has 20 heavy (non-hydrogen) atoms. The molecule has 1 aromatic rings. The first-order chi connectivity index (χ1) is 9.64. The lowest BCUT2D eigenvalue weighted by molar-refractivity contribution is -0.118. The Morgan fingerprint density at radius 2 is 2.20 bits per heavy atom. The number of carbonyl (C=O) groups excluding carboxylic acids is 1. The van der Waals surface area contributed by atoms with Crippen molar-refractivity contribution in [3.63, 3.8) is 0 Å². The predicted molar refractivity (Wildman–Crippen MR) is 79.3 cm³/mol. The molecule has 1 saturated carbocycles. The number of benzene rings is 1. The van der Waals surface area contributed by atoms with Crippen LogP contribution in [0, 0.1) is 11.3 Å². The van der Waals surface area contributed by atoms with Crippen LogP contribution in [0.1, 0.15) is 19.3 Å².